The van der Waals surface area contributed by atoms with E-state index in [9.17, 15) is 4.79 Å². The molecule has 0 aliphatic carbocycles. The van der Waals surface area contributed by atoms with E-state index in [2.05, 4.69) is 12.2 Å². The van der Waals surface area contributed by atoms with E-state index in [1.165, 1.54) is 32.1 Å². The fourth-order valence-corrected chi connectivity index (χ4v) is 2.36. The molecule has 1 amide bonds. The molecule has 1 N–H and O–H groups in total. The first-order chi connectivity index (χ1) is 10.8. The summed E-state index contributed by atoms with van der Waals surface area (Å²) in [7, 11) is 0. The molecule has 1 aromatic carbocycles. The molecule has 1 heterocycles. The molecule has 1 aliphatic heterocycles. The van der Waals surface area contributed by atoms with Gasteiger partial charge in [0.15, 0.2) is 11.5 Å². The third-order valence-electron chi connectivity index (χ3n) is 3.65. The van der Waals surface area contributed by atoms with E-state index in [1.807, 2.05) is 18.2 Å². The first-order valence-electron chi connectivity index (χ1n) is 8.15. The lowest BCUT2D eigenvalue weighted by Crippen LogP contribution is -2.21. The molecule has 0 unspecified atom stereocenters. The highest BCUT2D eigenvalue weighted by Crippen LogP contribution is 2.32. The fraction of sp³-hybridized carbons (Fsp3) is 0.500. The van der Waals surface area contributed by atoms with Gasteiger partial charge in [-0.05, 0) is 30.2 Å². The summed E-state index contributed by atoms with van der Waals surface area (Å²) in [5, 5.41) is 2.91. The van der Waals surface area contributed by atoms with E-state index in [1.54, 1.807) is 12.2 Å². The highest BCUT2D eigenvalue weighted by molar-refractivity contribution is 5.91. The van der Waals surface area contributed by atoms with Crippen LogP contribution in [0.15, 0.2) is 24.3 Å². The average molecular weight is 303 g/mol. The lowest BCUT2D eigenvalue weighted by molar-refractivity contribution is -0.116. The number of nitrogens with one attached hydrogen (secondary N) is 1. The van der Waals surface area contributed by atoms with Crippen LogP contribution in [0, 0.1) is 0 Å². The number of hydrogen-bond donors (Lipinski definition) is 1. The number of carbonyl (C=O) groups is 1. The van der Waals surface area contributed by atoms with Gasteiger partial charge in [-0.3, -0.25) is 4.79 Å². The number of carbonyl (C=O) groups excluding carboxylic acids is 1. The van der Waals surface area contributed by atoms with Crippen LogP contribution >= 0.6 is 0 Å². The number of benzene rings is 1. The zero-order valence-corrected chi connectivity index (χ0v) is 13.3. The largest absolute Gasteiger partial charge is 0.454 e. The van der Waals surface area contributed by atoms with Crippen molar-refractivity contribution in [2.75, 3.05) is 13.3 Å². The Morgan fingerprint density at radius 1 is 1.14 bits per heavy atom. The Labute approximate surface area is 132 Å². The third kappa shape index (κ3) is 5.43. The monoisotopic (exact) mass is 303 g/mol. The van der Waals surface area contributed by atoms with Gasteiger partial charge >= 0.3 is 0 Å². The molecule has 0 atom stereocenters. The second-order valence-corrected chi connectivity index (χ2v) is 5.50. The van der Waals surface area contributed by atoms with Crippen molar-refractivity contribution >= 4 is 12.0 Å². The van der Waals surface area contributed by atoms with Crippen LogP contribution in [0.4, 0.5) is 0 Å². The summed E-state index contributed by atoms with van der Waals surface area (Å²) in [5.41, 5.74) is 0.930. The van der Waals surface area contributed by atoms with E-state index >= 15 is 0 Å². The van der Waals surface area contributed by atoms with Gasteiger partial charge in [0.25, 0.3) is 0 Å². The highest BCUT2D eigenvalue weighted by atomic mass is 16.7. The second kappa shape index (κ2) is 9.13. The summed E-state index contributed by atoms with van der Waals surface area (Å²) in [6.45, 7) is 3.23. The van der Waals surface area contributed by atoms with Crippen LogP contribution in [0.3, 0.4) is 0 Å². The third-order valence-corrected chi connectivity index (χ3v) is 3.65. The van der Waals surface area contributed by atoms with Crippen LogP contribution in [-0.2, 0) is 4.79 Å². The number of fused-ring (bicyclic) bond motifs is 1. The van der Waals surface area contributed by atoms with Crippen LogP contribution in [0.2, 0.25) is 0 Å². The Balaban J connectivity index is 1.64. The molecular formula is C18H25NO3. The molecule has 22 heavy (non-hydrogen) atoms. The van der Waals surface area contributed by atoms with Gasteiger partial charge in [0.05, 0.1) is 0 Å². The summed E-state index contributed by atoms with van der Waals surface area (Å²) in [5.74, 6) is 1.44. The first-order valence-corrected chi connectivity index (χ1v) is 8.15. The van der Waals surface area contributed by atoms with Crippen molar-refractivity contribution in [1.29, 1.82) is 0 Å². The lowest BCUT2D eigenvalue weighted by atomic mass is 10.1. The molecular weight excluding hydrogens is 278 g/mol. The minimum absolute atomic E-state index is 0.0498. The summed E-state index contributed by atoms with van der Waals surface area (Å²) < 4.78 is 10.6. The Morgan fingerprint density at radius 3 is 2.77 bits per heavy atom. The number of ether oxygens (including phenoxy) is 2. The van der Waals surface area contributed by atoms with Crippen molar-refractivity contribution < 1.29 is 14.3 Å². The summed E-state index contributed by atoms with van der Waals surface area (Å²) >= 11 is 0. The Kier molecular flexibility index (Phi) is 6.81. The standard InChI is InChI=1S/C18H25NO3/c1-2-3-4-5-6-7-12-19-18(20)11-9-15-8-10-16-17(13-15)22-14-21-16/h8-11,13H,2-7,12,14H2,1H3,(H,19,20). The van der Waals surface area contributed by atoms with E-state index in [0.717, 1.165) is 30.0 Å². The van der Waals surface area contributed by atoms with E-state index in [-0.39, 0.29) is 12.7 Å². The maximum absolute atomic E-state index is 11.7. The van der Waals surface area contributed by atoms with Crippen LogP contribution < -0.4 is 14.8 Å². The minimum atomic E-state index is -0.0498. The van der Waals surface area contributed by atoms with Gasteiger partial charge in [0, 0.05) is 12.6 Å². The minimum Gasteiger partial charge on any atom is -0.454 e. The van der Waals surface area contributed by atoms with Crippen LogP contribution in [0.25, 0.3) is 6.08 Å². The molecule has 1 aliphatic rings. The van der Waals surface area contributed by atoms with E-state index in [4.69, 9.17) is 9.47 Å². The topological polar surface area (TPSA) is 47.6 Å². The molecule has 0 saturated heterocycles. The quantitative estimate of drug-likeness (QED) is 0.556. The molecule has 120 valence electrons. The summed E-state index contributed by atoms with van der Waals surface area (Å²) in [6, 6.07) is 5.64. The van der Waals surface area contributed by atoms with Gasteiger partial charge in [0.1, 0.15) is 0 Å². The van der Waals surface area contributed by atoms with Crippen molar-refractivity contribution in [2.24, 2.45) is 0 Å². The zero-order valence-electron chi connectivity index (χ0n) is 13.3. The van der Waals surface area contributed by atoms with Gasteiger partial charge in [0.2, 0.25) is 12.7 Å². The normalized spacial score (nSPS) is 12.8. The predicted octanol–water partition coefficient (Wildman–Crippen LogP) is 3.91. The summed E-state index contributed by atoms with van der Waals surface area (Å²) in [6.07, 6.45) is 10.7. The molecule has 0 spiro atoms. The molecule has 4 heteroatoms. The van der Waals surface area contributed by atoms with Crippen molar-refractivity contribution in [2.45, 2.75) is 45.4 Å². The van der Waals surface area contributed by atoms with Crippen molar-refractivity contribution in [3.63, 3.8) is 0 Å². The Bertz CT molecular complexity index is 511. The van der Waals surface area contributed by atoms with E-state index < -0.39 is 0 Å². The molecule has 4 nitrogen and oxygen atoms in total. The first kappa shape index (κ1) is 16.4. The number of amides is 1. The Hall–Kier alpha value is -1.97. The molecule has 1 aromatic rings. The van der Waals surface area contributed by atoms with Crippen molar-refractivity contribution in [1.82, 2.24) is 5.32 Å². The molecule has 2 rings (SSSR count). The van der Waals surface area contributed by atoms with E-state index in [0.29, 0.717) is 0 Å². The molecule has 0 fully saturated rings. The van der Waals surface area contributed by atoms with Gasteiger partial charge in [-0.1, -0.05) is 45.1 Å². The zero-order chi connectivity index (χ0) is 15.6. The van der Waals surface area contributed by atoms with Crippen LogP contribution in [-0.4, -0.2) is 19.2 Å². The van der Waals surface area contributed by atoms with Gasteiger partial charge in [-0.25, -0.2) is 0 Å². The second-order valence-electron chi connectivity index (χ2n) is 5.50. The maximum Gasteiger partial charge on any atom is 0.243 e. The molecule has 0 saturated carbocycles. The van der Waals surface area contributed by atoms with Gasteiger partial charge < -0.3 is 14.8 Å². The molecule has 0 radical (unpaired) electrons. The number of unbranched alkanes of at least 4 members (excludes halogenated alkanes) is 5. The lowest BCUT2D eigenvalue weighted by Gasteiger charge is -2.02. The van der Waals surface area contributed by atoms with Crippen LogP contribution in [0.5, 0.6) is 11.5 Å². The molecule has 0 aromatic heterocycles. The fourth-order valence-electron chi connectivity index (χ4n) is 2.36. The van der Waals surface area contributed by atoms with Gasteiger partial charge in [-0.15, -0.1) is 0 Å². The molecule has 0 bridgehead atoms. The SMILES string of the molecule is CCCCCCCCNC(=O)C=Cc1ccc2c(c1)OCO2. The highest BCUT2D eigenvalue weighted by Gasteiger charge is 2.12. The summed E-state index contributed by atoms with van der Waals surface area (Å²) in [4.78, 5) is 11.7. The maximum atomic E-state index is 11.7. The predicted molar refractivity (Wildman–Crippen MR) is 88.0 cm³/mol. The average Bonchev–Trinajstić information content (AvgIpc) is 2.99. The van der Waals surface area contributed by atoms with Crippen LogP contribution in [0.1, 0.15) is 51.0 Å². The smallest absolute Gasteiger partial charge is 0.243 e. The van der Waals surface area contributed by atoms with Gasteiger partial charge in [-0.2, -0.15) is 0 Å². The van der Waals surface area contributed by atoms with Crippen molar-refractivity contribution in [3.8, 4) is 11.5 Å². The van der Waals surface area contributed by atoms with Crippen molar-refractivity contribution in [3.05, 3.63) is 29.8 Å². The Morgan fingerprint density at radius 2 is 1.91 bits per heavy atom. The number of hydrogen-bond acceptors (Lipinski definition) is 3. The number of rotatable bonds is 9.